The van der Waals surface area contributed by atoms with Gasteiger partial charge in [-0.2, -0.15) is 13.2 Å². The summed E-state index contributed by atoms with van der Waals surface area (Å²) in [5.41, 5.74) is 5.50. The van der Waals surface area contributed by atoms with Crippen molar-refractivity contribution in [3.05, 3.63) is 127 Å². The fourth-order valence-corrected chi connectivity index (χ4v) is 5.37. The van der Waals surface area contributed by atoms with Gasteiger partial charge in [0.15, 0.2) is 11.5 Å². The summed E-state index contributed by atoms with van der Waals surface area (Å²) in [6.07, 6.45) is -4.42. The molecule has 7 heteroatoms. The molecule has 2 heterocycles. The summed E-state index contributed by atoms with van der Waals surface area (Å²) in [7, 11) is 1.61. The van der Waals surface area contributed by atoms with Gasteiger partial charge in [-0.25, -0.2) is 4.98 Å². The SMILES string of the molecule is COc1ccc(-c2cc(-c3ccc(C(F)(F)F)cc3)nc3c(N4c5ccccc5Oc5ccccc54)cccc23)cc1. The normalized spacial score (nSPS) is 12.4. The van der Waals surface area contributed by atoms with Gasteiger partial charge in [-0.3, -0.25) is 0 Å². The van der Waals surface area contributed by atoms with Gasteiger partial charge < -0.3 is 14.4 Å². The Hall–Kier alpha value is -5.30. The molecule has 0 aliphatic carbocycles. The monoisotopic (exact) mass is 560 g/mol. The van der Waals surface area contributed by atoms with E-state index >= 15 is 0 Å². The van der Waals surface area contributed by atoms with Gasteiger partial charge in [-0.1, -0.05) is 60.7 Å². The maximum absolute atomic E-state index is 13.3. The number of nitrogens with zero attached hydrogens (tertiary/aromatic N) is 2. The molecule has 6 aromatic rings. The lowest BCUT2D eigenvalue weighted by molar-refractivity contribution is -0.137. The largest absolute Gasteiger partial charge is 0.497 e. The summed E-state index contributed by atoms with van der Waals surface area (Å²) < 4.78 is 51.6. The molecule has 1 aliphatic heterocycles. The van der Waals surface area contributed by atoms with Crippen LogP contribution in [0, 0.1) is 0 Å². The molecule has 0 atom stereocenters. The van der Waals surface area contributed by atoms with E-state index in [-0.39, 0.29) is 0 Å². The number of para-hydroxylation sites is 5. The lowest BCUT2D eigenvalue weighted by Crippen LogP contribution is -2.16. The molecule has 1 aliphatic rings. The summed E-state index contributed by atoms with van der Waals surface area (Å²) in [6.45, 7) is 0. The van der Waals surface area contributed by atoms with Crippen molar-refractivity contribution >= 4 is 28.0 Å². The lowest BCUT2D eigenvalue weighted by atomic mass is 9.96. The molecule has 0 saturated carbocycles. The number of fused-ring (bicyclic) bond motifs is 3. The Morgan fingerprint density at radius 2 is 1.26 bits per heavy atom. The molecule has 7 rings (SSSR count). The summed E-state index contributed by atoms with van der Waals surface area (Å²) in [5.74, 6) is 2.15. The van der Waals surface area contributed by atoms with Crippen molar-refractivity contribution < 1.29 is 22.6 Å². The quantitative estimate of drug-likeness (QED) is 0.215. The van der Waals surface area contributed by atoms with E-state index in [9.17, 15) is 13.2 Å². The van der Waals surface area contributed by atoms with Crippen molar-refractivity contribution in [3.63, 3.8) is 0 Å². The van der Waals surface area contributed by atoms with E-state index in [4.69, 9.17) is 14.5 Å². The van der Waals surface area contributed by atoms with Gasteiger partial charge in [0, 0.05) is 10.9 Å². The third-order valence-corrected chi connectivity index (χ3v) is 7.40. The molecule has 0 bridgehead atoms. The second kappa shape index (κ2) is 9.96. The Balaban J connectivity index is 1.50. The standard InChI is InChI=1S/C35H23F3N2O2/c1-41-25-19-15-22(16-20-25)27-21-28(23-13-17-24(18-14-23)35(36,37)38)39-34-26(27)7-6-10-31(34)40-29-8-2-4-11-32(29)42-33-12-5-3-9-30(33)40/h2-21H,1H3. The number of alkyl halides is 3. The van der Waals surface area contributed by atoms with Gasteiger partial charge in [-0.15, -0.1) is 0 Å². The van der Waals surface area contributed by atoms with E-state index in [0.717, 1.165) is 51.5 Å². The van der Waals surface area contributed by atoms with Crippen LogP contribution in [0.15, 0.2) is 121 Å². The Kier molecular flexibility index (Phi) is 6.08. The summed E-state index contributed by atoms with van der Waals surface area (Å²) in [6, 6.07) is 36.4. The first-order chi connectivity index (χ1) is 20.4. The minimum atomic E-state index is -4.42. The van der Waals surface area contributed by atoms with Crippen LogP contribution in [-0.4, -0.2) is 12.1 Å². The average molecular weight is 561 g/mol. The van der Waals surface area contributed by atoms with Crippen LogP contribution in [0.4, 0.5) is 30.2 Å². The summed E-state index contributed by atoms with van der Waals surface area (Å²) >= 11 is 0. The van der Waals surface area contributed by atoms with Gasteiger partial charge in [0.05, 0.1) is 40.9 Å². The van der Waals surface area contributed by atoms with Crippen LogP contribution >= 0.6 is 0 Å². The van der Waals surface area contributed by atoms with Gasteiger partial charge in [0.1, 0.15) is 5.75 Å². The predicted octanol–water partition coefficient (Wildman–Crippen LogP) is 10.2. The molecule has 0 spiro atoms. The van der Waals surface area contributed by atoms with Crippen molar-refractivity contribution in [1.29, 1.82) is 0 Å². The molecule has 0 saturated heterocycles. The van der Waals surface area contributed by atoms with Crippen LogP contribution in [-0.2, 0) is 6.18 Å². The smallest absolute Gasteiger partial charge is 0.416 e. The Labute approximate surface area is 240 Å². The summed E-state index contributed by atoms with van der Waals surface area (Å²) in [4.78, 5) is 7.21. The zero-order valence-corrected chi connectivity index (χ0v) is 22.4. The van der Waals surface area contributed by atoms with Crippen LogP contribution in [0.5, 0.6) is 17.2 Å². The second-order valence-electron chi connectivity index (χ2n) is 9.90. The highest BCUT2D eigenvalue weighted by molar-refractivity contribution is 6.05. The van der Waals surface area contributed by atoms with Gasteiger partial charge in [0.25, 0.3) is 0 Å². The van der Waals surface area contributed by atoms with Gasteiger partial charge in [-0.05, 0) is 71.8 Å². The number of hydrogen-bond donors (Lipinski definition) is 0. The number of pyridine rings is 1. The molecular weight excluding hydrogens is 537 g/mol. The van der Waals surface area contributed by atoms with E-state index in [1.54, 1.807) is 7.11 Å². The van der Waals surface area contributed by atoms with E-state index in [2.05, 4.69) is 4.90 Å². The number of methoxy groups -OCH3 is 1. The van der Waals surface area contributed by atoms with Gasteiger partial charge in [0.2, 0.25) is 0 Å². The number of hydrogen-bond acceptors (Lipinski definition) is 4. The van der Waals surface area contributed by atoms with Gasteiger partial charge >= 0.3 is 6.18 Å². The topological polar surface area (TPSA) is 34.6 Å². The number of rotatable bonds is 4. The summed E-state index contributed by atoms with van der Waals surface area (Å²) in [5, 5.41) is 0.898. The van der Waals surface area contributed by atoms with E-state index in [1.165, 1.54) is 12.1 Å². The van der Waals surface area contributed by atoms with Crippen LogP contribution in [0.1, 0.15) is 5.56 Å². The Morgan fingerprint density at radius 1 is 0.667 bits per heavy atom. The molecule has 42 heavy (non-hydrogen) atoms. The first kappa shape index (κ1) is 25.7. The predicted molar refractivity (Wildman–Crippen MR) is 159 cm³/mol. The molecule has 0 unspecified atom stereocenters. The second-order valence-corrected chi connectivity index (χ2v) is 9.90. The van der Waals surface area contributed by atoms with Crippen molar-refractivity contribution in [2.45, 2.75) is 6.18 Å². The average Bonchev–Trinajstić information content (AvgIpc) is 3.02. The first-order valence-corrected chi connectivity index (χ1v) is 13.3. The highest BCUT2D eigenvalue weighted by Crippen LogP contribution is 2.52. The fraction of sp³-hybridized carbons (Fsp3) is 0.0571. The molecule has 0 N–H and O–H groups in total. The van der Waals surface area contributed by atoms with Crippen molar-refractivity contribution in [2.24, 2.45) is 0 Å². The number of benzene rings is 5. The molecule has 1 aromatic heterocycles. The first-order valence-electron chi connectivity index (χ1n) is 13.3. The molecule has 4 nitrogen and oxygen atoms in total. The minimum Gasteiger partial charge on any atom is -0.497 e. The van der Waals surface area contributed by atoms with Crippen molar-refractivity contribution in [3.8, 4) is 39.6 Å². The molecule has 5 aromatic carbocycles. The fourth-order valence-electron chi connectivity index (χ4n) is 5.37. The van der Waals surface area contributed by atoms with E-state index < -0.39 is 11.7 Å². The highest BCUT2D eigenvalue weighted by atomic mass is 19.4. The highest BCUT2D eigenvalue weighted by Gasteiger charge is 2.30. The number of aromatic nitrogens is 1. The van der Waals surface area contributed by atoms with Crippen molar-refractivity contribution in [1.82, 2.24) is 4.98 Å². The molecule has 0 radical (unpaired) electrons. The lowest BCUT2D eigenvalue weighted by Gasteiger charge is -2.33. The molecule has 0 fully saturated rings. The Morgan fingerprint density at radius 3 is 1.88 bits per heavy atom. The maximum Gasteiger partial charge on any atom is 0.416 e. The minimum absolute atomic E-state index is 0.560. The molecule has 206 valence electrons. The molecular formula is C35H23F3N2O2. The number of anilines is 3. The Bertz CT molecular complexity index is 1890. The number of ether oxygens (including phenoxy) is 2. The maximum atomic E-state index is 13.3. The van der Waals surface area contributed by atoms with Crippen molar-refractivity contribution in [2.75, 3.05) is 12.0 Å². The van der Waals surface area contributed by atoms with Crippen LogP contribution < -0.4 is 14.4 Å². The third-order valence-electron chi connectivity index (χ3n) is 7.40. The van der Waals surface area contributed by atoms with Crippen LogP contribution in [0.3, 0.4) is 0 Å². The zero-order chi connectivity index (χ0) is 28.8. The third kappa shape index (κ3) is 4.39. The molecule has 0 amide bonds. The zero-order valence-electron chi connectivity index (χ0n) is 22.4. The number of halogens is 3. The van der Waals surface area contributed by atoms with E-state index in [0.29, 0.717) is 28.3 Å². The van der Waals surface area contributed by atoms with Crippen LogP contribution in [0.25, 0.3) is 33.3 Å². The van der Waals surface area contributed by atoms with E-state index in [1.807, 2.05) is 97.1 Å². The van der Waals surface area contributed by atoms with Crippen LogP contribution in [0.2, 0.25) is 0 Å².